The fourth-order valence-electron chi connectivity index (χ4n) is 0.658. The Morgan fingerprint density at radius 1 is 1.36 bits per heavy atom. The van der Waals surface area contributed by atoms with Gasteiger partial charge in [0, 0.05) is 0 Å². The van der Waals surface area contributed by atoms with Gasteiger partial charge < -0.3 is 0 Å². The fraction of sp³-hybridized carbons (Fsp3) is 0.750. The molecule has 0 heterocycles. The minimum atomic E-state index is -2.05. The second kappa shape index (κ2) is 3.97. The Labute approximate surface area is 80.0 Å². The van der Waals surface area contributed by atoms with E-state index in [2.05, 4.69) is 27.4 Å². The molecule has 66 valence electrons. The Morgan fingerprint density at radius 2 is 1.82 bits per heavy atom. The first kappa shape index (κ1) is 11.5. The molecule has 0 aromatic heterocycles. The van der Waals surface area contributed by atoms with Gasteiger partial charge in [-0.3, -0.25) is 0 Å². The maximum Gasteiger partial charge on any atom is 0.256 e. The van der Waals surface area contributed by atoms with E-state index in [0.29, 0.717) is 0 Å². The first-order valence-electron chi connectivity index (χ1n) is 3.80. The van der Waals surface area contributed by atoms with Gasteiger partial charge in [-0.1, -0.05) is 26.8 Å². The van der Waals surface area contributed by atoms with E-state index in [1.54, 1.807) is 0 Å². The van der Waals surface area contributed by atoms with Crippen molar-refractivity contribution in [1.82, 2.24) is 0 Å². The molecule has 0 saturated heterocycles. The maximum absolute atomic E-state index is 6.25. The average Bonchev–Trinajstić information content (AvgIpc) is 1.81. The van der Waals surface area contributed by atoms with Crippen molar-refractivity contribution >= 4 is 28.9 Å². The van der Waals surface area contributed by atoms with Crippen molar-refractivity contribution in [2.45, 2.75) is 38.3 Å². The molecule has 11 heavy (non-hydrogen) atoms. The molecule has 0 amide bonds. The lowest BCUT2D eigenvalue weighted by Gasteiger charge is -2.30. The van der Waals surface area contributed by atoms with E-state index in [4.69, 9.17) is 22.2 Å². The highest BCUT2D eigenvalue weighted by Crippen LogP contribution is 2.45. The van der Waals surface area contributed by atoms with E-state index in [1.807, 2.05) is 6.08 Å². The SMILES string of the molecule is C=CCC[Si](Cl)(Cl)C(C)(C)C. The van der Waals surface area contributed by atoms with Gasteiger partial charge in [0.2, 0.25) is 0 Å². The summed E-state index contributed by atoms with van der Waals surface area (Å²) in [7, 11) is 0. The Bertz CT molecular complexity index is 136. The van der Waals surface area contributed by atoms with Gasteiger partial charge in [-0.2, -0.15) is 0 Å². The summed E-state index contributed by atoms with van der Waals surface area (Å²) in [6.45, 7) is 7.90. The van der Waals surface area contributed by atoms with Crippen LogP contribution in [0, 0.1) is 0 Å². The van der Waals surface area contributed by atoms with Crippen LogP contribution in [0.3, 0.4) is 0 Å². The minimum Gasteiger partial charge on any atom is -0.145 e. The molecule has 0 radical (unpaired) electrons. The van der Waals surface area contributed by atoms with Crippen molar-refractivity contribution < 1.29 is 0 Å². The van der Waals surface area contributed by atoms with E-state index >= 15 is 0 Å². The van der Waals surface area contributed by atoms with E-state index in [0.717, 1.165) is 12.5 Å². The molecule has 3 heteroatoms. The molecular weight excluding hydrogens is 195 g/mol. The van der Waals surface area contributed by atoms with Gasteiger partial charge in [-0.25, -0.2) is 0 Å². The molecule has 0 aromatic rings. The summed E-state index contributed by atoms with van der Waals surface area (Å²) < 4.78 is 0. The van der Waals surface area contributed by atoms with Crippen molar-refractivity contribution in [3.05, 3.63) is 12.7 Å². The van der Waals surface area contributed by atoms with Gasteiger partial charge in [0.1, 0.15) is 0 Å². The van der Waals surface area contributed by atoms with E-state index in [1.165, 1.54) is 0 Å². The Hall–Kier alpha value is 0.537. The smallest absolute Gasteiger partial charge is 0.145 e. The number of hydrogen-bond acceptors (Lipinski definition) is 0. The van der Waals surface area contributed by atoms with Gasteiger partial charge >= 0.3 is 0 Å². The molecule has 0 bridgehead atoms. The van der Waals surface area contributed by atoms with Crippen molar-refractivity contribution in [2.75, 3.05) is 0 Å². The summed E-state index contributed by atoms with van der Waals surface area (Å²) in [5.41, 5.74) is 0. The molecule has 0 aliphatic rings. The highest BCUT2D eigenvalue weighted by molar-refractivity contribution is 7.46. The Kier molecular flexibility index (Phi) is 4.16. The highest BCUT2D eigenvalue weighted by atomic mass is 35.7. The Balaban J connectivity index is 4.10. The average molecular weight is 211 g/mol. The van der Waals surface area contributed by atoms with Crippen LogP contribution < -0.4 is 0 Å². The summed E-state index contributed by atoms with van der Waals surface area (Å²) in [4.78, 5) is 0. The molecule has 0 aliphatic carbocycles. The third kappa shape index (κ3) is 3.63. The van der Waals surface area contributed by atoms with Gasteiger partial charge in [0.25, 0.3) is 6.69 Å². The zero-order chi connectivity index (χ0) is 9.12. The molecule has 0 nitrogen and oxygen atoms in total. The molecule has 0 rings (SSSR count). The van der Waals surface area contributed by atoms with Crippen LogP contribution in [0.2, 0.25) is 11.1 Å². The number of halogens is 2. The molecule has 0 spiro atoms. The largest absolute Gasteiger partial charge is 0.256 e. The monoisotopic (exact) mass is 210 g/mol. The third-order valence-electron chi connectivity index (χ3n) is 1.76. The molecule has 0 fully saturated rings. The predicted octanol–water partition coefficient (Wildman–Crippen LogP) is 4.28. The van der Waals surface area contributed by atoms with Crippen LogP contribution in [0.5, 0.6) is 0 Å². The summed E-state index contributed by atoms with van der Waals surface area (Å²) >= 11 is 12.5. The normalized spacial score (nSPS) is 13.2. The van der Waals surface area contributed by atoms with Crippen LogP contribution in [0.15, 0.2) is 12.7 Å². The van der Waals surface area contributed by atoms with Crippen molar-refractivity contribution in [3.8, 4) is 0 Å². The van der Waals surface area contributed by atoms with Crippen molar-refractivity contribution in [1.29, 1.82) is 0 Å². The topological polar surface area (TPSA) is 0 Å². The first-order chi connectivity index (χ1) is 4.81. The van der Waals surface area contributed by atoms with Crippen LogP contribution in [0.1, 0.15) is 27.2 Å². The number of rotatable bonds is 3. The zero-order valence-electron chi connectivity index (χ0n) is 7.45. The molecule has 0 atom stereocenters. The molecule has 0 unspecified atom stereocenters. The maximum atomic E-state index is 6.25. The summed E-state index contributed by atoms with van der Waals surface area (Å²) in [5, 5.41) is 0.0686. The second-order valence-electron chi connectivity index (χ2n) is 3.78. The van der Waals surface area contributed by atoms with Crippen LogP contribution in [-0.2, 0) is 0 Å². The van der Waals surface area contributed by atoms with Gasteiger partial charge in [0.05, 0.1) is 0 Å². The van der Waals surface area contributed by atoms with Gasteiger partial charge in [0.15, 0.2) is 0 Å². The Morgan fingerprint density at radius 3 is 2.09 bits per heavy atom. The summed E-state index contributed by atoms with van der Waals surface area (Å²) in [6, 6.07) is 0.906. The summed E-state index contributed by atoms with van der Waals surface area (Å²) in [6.07, 6.45) is 2.80. The predicted molar refractivity (Wildman–Crippen MR) is 56.8 cm³/mol. The lowest BCUT2D eigenvalue weighted by atomic mass is 10.2. The van der Waals surface area contributed by atoms with Gasteiger partial charge in [-0.15, -0.1) is 28.7 Å². The standard InChI is InChI=1S/C8H16Cl2Si/c1-5-6-7-11(9,10)8(2,3)4/h5H,1,6-7H2,2-4H3. The van der Waals surface area contributed by atoms with E-state index < -0.39 is 6.69 Å². The van der Waals surface area contributed by atoms with Crippen molar-refractivity contribution in [3.63, 3.8) is 0 Å². The lowest BCUT2D eigenvalue weighted by Crippen LogP contribution is -2.31. The van der Waals surface area contributed by atoms with Crippen LogP contribution in [0.4, 0.5) is 0 Å². The third-order valence-corrected chi connectivity index (χ3v) is 9.41. The number of allylic oxidation sites excluding steroid dienone is 1. The fourth-order valence-corrected chi connectivity index (χ4v) is 2.63. The van der Waals surface area contributed by atoms with Crippen LogP contribution in [-0.4, -0.2) is 6.69 Å². The zero-order valence-corrected chi connectivity index (χ0v) is 9.97. The van der Waals surface area contributed by atoms with Crippen LogP contribution >= 0.6 is 22.2 Å². The van der Waals surface area contributed by atoms with E-state index in [9.17, 15) is 0 Å². The van der Waals surface area contributed by atoms with E-state index in [-0.39, 0.29) is 5.04 Å². The second-order valence-corrected chi connectivity index (χ2v) is 11.6. The summed E-state index contributed by atoms with van der Waals surface area (Å²) in [5.74, 6) is 0. The van der Waals surface area contributed by atoms with Gasteiger partial charge in [-0.05, 0) is 17.5 Å². The molecule has 0 saturated carbocycles. The minimum absolute atomic E-state index is 0.0686. The van der Waals surface area contributed by atoms with Crippen LogP contribution in [0.25, 0.3) is 0 Å². The molecule has 0 aliphatic heterocycles. The highest BCUT2D eigenvalue weighted by Gasteiger charge is 2.40. The number of hydrogen-bond donors (Lipinski definition) is 0. The quantitative estimate of drug-likeness (QED) is 0.371. The molecule has 0 aromatic carbocycles. The molecule has 0 N–H and O–H groups in total. The lowest BCUT2D eigenvalue weighted by molar-refractivity contribution is 0.736. The molecular formula is C8H16Cl2Si. The van der Waals surface area contributed by atoms with Crippen molar-refractivity contribution in [2.24, 2.45) is 0 Å². The first-order valence-corrected chi connectivity index (χ1v) is 8.03.